The van der Waals surface area contributed by atoms with Crippen LogP contribution >= 0.6 is 0 Å². The van der Waals surface area contributed by atoms with Crippen LogP contribution in [-0.2, 0) is 6.42 Å². The van der Waals surface area contributed by atoms with Crippen LogP contribution in [0.5, 0.6) is 11.5 Å². The highest BCUT2D eigenvalue weighted by Crippen LogP contribution is 2.36. The van der Waals surface area contributed by atoms with Crippen molar-refractivity contribution in [2.24, 2.45) is 4.99 Å². The van der Waals surface area contributed by atoms with Gasteiger partial charge in [-0.2, -0.15) is 0 Å². The average Bonchev–Trinajstić information content (AvgIpc) is 3.91. The van der Waals surface area contributed by atoms with Crippen molar-refractivity contribution in [3.05, 3.63) is 100 Å². The van der Waals surface area contributed by atoms with E-state index in [-0.39, 0.29) is 13.2 Å². The molecule has 1 aliphatic heterocycles. The molecule has 0 aliphatic carbocycles. The number of nitrogens with zero attached hydrogens (tertiary/aromatic N) is 7. The van der Waals surface area contributed by atoms with Crippen molar-refractivity contribution >= 4 is 11.3 Å². The Hall–Kier alpha value is -6.13. The summed E-state index contributed by atoms with van der Waals surface area (Å²) in [4.78, 5) is 24.0. The Morgan fingerprint density at radius 1 is 0.677 bits per heavy atom. The molecule has 0 spiro atoms. The van der Waals surface area contributed by atoms with E-state index in [1.807, 2.05) is 96.1 Å². The number of ether oxygens (including phenoxy) is 2. The minimum absolute atomic E-state index is 0.191. The molecule has 15 heteroatoms. The number of rotatable bonds is 16. The molecule has 4 N–H and O–H groups in total. The summed E-state index contributed by atoms with van der Waals surface area (Å²) in [7, 11) is 3.58. The first-order valence-corrected chi connectivity index (χ1v) is 20.8. The van der Waals surface area contributed by atoms with Gasteiger partial charge < -0.3 is 39.4 Å². The third-order valence-electron chi connectivity index (χ3n) is 10.4. The van der Waals surface area contributed by atoms with Gasteiger partial charge in [-0.25, -0.2) is 19.9 Å². The first-order chi connectivity index (χ1) is 29.8. The average molecular weight is 844 g/mol. The predicted octanol–water partition coefficient (Wildman–Crippen LogP) is 6.87. The molecule has 1 aliphatic rings. The Morgan fingerprint density at radius 2 is 1.21 bits per heavy atom. The maximum atomic E-state index is 9.99. The number of hydrogen-bond donors (Lipinski definition) is 4. The predicted molar refractivity (Wildman–Crippen MR) is 240 cm³/mol. The van der Waals surface area contributed by atoms with Gasteiger partial charge >= 0.3 is 0 Å². The summed E-state index contributed by atoms with van der Waals surface area (Å²) in [6.07, 6.45) is -0.376. The number of nitrogens with one attached hydrogen (secondary N) is 2. The van der Waals surface area contributed by atoms with E-state index in [0.29, 0.717) is 48.5 Å². The number of aliphatic hydroxyl groups excluding tert-OH is 2. The zero-order valence-corrected chi connectivity index (χ0v) is 37.3. The summed E-state index contributed by atoms with van der Waals surface area (Å²) in [6.45, 7) is 17.8. The first kappa shape index (κ1) is 45.4. The Bertz CT molecular complexity index is 2520. The number of benzene rings is 2. The van der Waals surface area contributed by atoms with Crippen molar-refractivity contribution in [1.29, 1.82) is 0 Å². The minimum atomic E-state index is -0.596. The summed E-state index contributed by atoms with van der Waals surface area (Å²) < 4.78 is 22.3. The maximum absolute atomic E-state index is 9.99. The van der Waals surface area contributed by atoms with Gasteiger partial charge in [-0.1, -0.05) is 41.5 Å². The standard InChI is InChI=1S/C26H31N5O3.C21H26N4O3/c1-14-11-28-16(3)22(14)24-15(2)25(23-17(4)31-34-18(23)5)30-26(29-24)19-8-7-9-21(10-19)33-13-20(32)12-27-6;1-5-16-10-19(20-13(2)25-28-14(20)3)24-21(23-16)15-7-6-8-18(9-15)27-12-17(26)11-22-4/h7-10,20,27,32H,11-13H2,1-6H3;6-10,17,22,26H,5,11-12H2,1-4H3. The Kier molecular flexibility index (Phi) is 15.1. The van der Waals surface area contributed by atoms with Crippen LogP contribution < -0.4 is 20.1 Å². The molecule has 15 nitrogen and oxygen atoms in total. The second-order valence-corrected chi connectivity index (χ2v) is 15.3. The summed E-state index contributed by atoms with van der Waals surface area (Å²) in [5, 5.41) is 33.9. The third kappa shape index (κ3) is 10.7. The SMILES string of the molecule is CCc1cc(-c2c(C)noc2C)nc(-c2cccc(OCC(O)CNC)c2)n1.CNCC(O)COc1cccc(-c2nc(C3=C(C)CN=C3C)c(C)c(-c3c(C)noc3C)n2)c1. The fourth-order valence-corrected chi connectivity index (χ4v) is 7.24. The van der Waals surface area contributed by atoms with Crippen LogP contribution in [0, 0.1) is 34.6 Å². The lowest BCUT2D eigenvalue weighted by molar-refractivity contribution is 0.108. The Balaban J connectivity index is 0.000000211. The van der Waals surface area contributed by atoms with Crippen molar-refractivity contribution in [2.75, 3.05) is 46.9 Å². The van der Waals surface area contributed by atoms with E-state index >= 15 is 0 Å². The summed E-state index contributed by atoms with van der Waals surface area (Å²) >= 11 is 0. The fourth-order valence-electron chi connectivity index (χ4n) is 7.24. The van der Waals surface area contributed by atoms with Crippen molar-refractivity contribution < 1.29 is 28.7 Å². The topological polar surface area (TPSA) is 199 Å². The molecule has 62 heavy (non-hydrogen) atoms. The molecule has 6 aromatic rings. The second-order valence-electron chi connectivity index (χ2n) is 15.3. The second kappa shape index (κ2) is 20.6. The summed E-state index contributed by atoms with van der Waals surface area (Å²) in [5.41, 5.74) is 12.7. The molecule has 0 saturated carbocycles. The van der Waals surface area contributed by atoms with E-state index in [0.717, 1.165) is 85.4 Å². The quantitative estimate of drug-likeness (QED) is 0.0787. The zero-order valence-electron chi connectivity index (χ0n) is 37.3. The lowest BCUT2D eigenvalue weighted by atomic mass is 9.96. The van der Waals surface area contributed by atoms with Crippen molar-refractivity contribution in [1.82, 2.24) is 40.9 Å². The van der Waals surface area contributed by atoms with Crippen LogP contribution in [0.1, 0.15) is 60.6 Å². The molecular formula is C47H57N9O6. The monoisotopic (exact) mass is 843 g/mol. The zero-order chi connectivity index (χ0) is 44.5. The molecular weight excluding hydrogens is 787 g/mol. The highest BCUT2D eigenvalue weighted by atomic mass is 16.5. The number of allylic oxidation sites excluding steroid dienone is 1. The number of aryl methyl sites for hydroxylation is 5. The van der Waals surface area contributed by atoms with Gasteiger partial charge in [0.25, 0.3) is 0 Å². The molecule has 2 unspecified atom stereocenters. The molecule has 0 radical (unpaired) electrons. The molecule has 0 bridgehead atoms. The van der Waals surface area contributed by atoms with Crippen LogP contribution in [0.4, 0.5) is 0 Å². The molecule has 2 aromatic carbocycles. The van der Waals surface area contributed by atoms with Gasteiger partial charge in [0.15, 0.2) is 11.6 Å². The summed E-state index contributed by atoms with van der Waals surface area (Å²) in [6, 6.07) is 17.2. The summed E-state index contributed by atoms with van der Waals surface area (Å²) in [5.74, 6) is 3.96. The van der Waals surface area contributed by atoms with Crippen LogP contribution in [0.3, 0.4) is 0 Å². The maximum Gasteiger partial charge on any atom is 0.160 e. The molecule has 5 heterocycles. The minimum Gasteiger partial charge on any atom is -0.491 e. The number of aromatic nitrogens is 6. The lowest BCUT2D eigenvalue weighted by Crippen LogP contribution is -2.29. The smallest absolute Gasteiger partial charge is 0.160 e. The van der Waals surface area contributed by atoms with Gasteiger partial charge in [-0.15, -0.1) is 0 Å². The van der Waals surface area contributed by atoms with E-state index < -0.39 is 12.2 Å². The highest BCUT2D eigenvalue weighted by Gasteiger charge is 2.25. The van der Waals surface area contributed by atoms with Gasteiger partial charge in [0.2, 0.25) is 0 Å². The first-order valence-electron chi connectivity index (χ1n) is 20.8. The normalized spacial score (nSPS) is 13.5. The van der Waals surface area contributed by atoms with E-state index in [1.165, 1.54) is 5.57 Å². The van der Waals surface area contributed by atoms with E-state index in [1.54, 1.807) is 14.1 Å². The van der Waals surface area contributed by atoms with Crippen molar-refractivity contribution in [3.8, 4) is 56.8 Å². The molecule has 0 fully saturated rings. The number of aliphatic hydroxyl groups is 2. The lowest BCUT2D eigenvalue weighted by Gasteiger charge is -2.16. The van der Waals surface area contributed by atoms with Gasteiger partial charge in [-0.05, 0) is 105 Å². The Morgan fingerprint density at radius 3 is 1.69 bits per heavy atom. The largest absolute Gasteiger partial charge is 0.491 e. The molecule has 7 rings (SSSR count). The molecule has 4 aromatic heterocycles. The fraction of sp³-hybridized carbons (Fsp3) is 0.383. The van der Waals surface area contributed by atoms with Gasteiger partial charge in [0.1, 0.15) is 48.4 Å². The van der Waals surface area contributed by atoms with Crippen LogP contribution in [-0.4, -0.2) is 105 Å². The van der Waals surface area contributed by atoms with Gasteiger partial charge in [-0.3, -0.25) is 4.99 Å². The molecule has 326 valence electrons. The third-order valence-corrected chi connectivity index (χ3v) is 10.4. The van der Waals surface area contributed by atoms with E-state index in [4.69, 9.17) is 33.5 Å². The van der Waals surface area contributed by atoms with Crippen LogP contribution in [0.15, 0.2) is 74.2 Å². The Labute approximate surface area is 362 Å². The van der Waals surface area contributed by atoms with Gasteiger partial charge in [0.05, 0.1) is 46.1 Å². The number of hydrogen-bond acceptors (Lipinski definition) is 15. The molecule has 0 saturated heterocycles. The van der Waals surface area contributed by atoms with E-state index in [9.17, 15) is 10.2 Å². The van der Waals surface area contributed by atoms with E-state index in [2.05, 4.69) is 44.8 Å². The highest BCUT2D eigenvalue weighted by molar-refractivity contribution is 6.25. The van der Waals surface area contributed by atoms with Crippen molar-refractivity contribution in [2.45, 2.75) is 74.0 Å². The van der Waals surface area contributed by atoms with Gasteiger partial charge in [0, 0.05) is 46.8 Å². The van der Waals surface area contributed by atoms with Crippen molar-refractivity contribution in [3.63, 3.8) is 0 Å². The van der Waals surface area contributed by atoms with Crippen LogP contribution in [0.25, 0.3) is 50.9 Å². The molecule has 0 amide bonds. The number of aliphatic imine (C=N–C) groups is 1. The molecule has 2 atom stereocenters. The van der Waals surface area contributed by atoms with Crippen LogP contribution in [0.2, 0.25) is 0 Å². The number of likely N-dealkylation sites (N-methyl/N-ethyl adjacent to an activating group) is 2.